The second-order valence-electron chi connectivity index (χ2n) is 4.95. The van der Waals surface area contributed by atoms with E-state index < -0.39 is 10.0 Å². The minimum atomic E-state index is -3.04. The molecule has 0 saturated carbocycles. The third kappa shape index (κ3) is 6.13. The zero-order valence-electron chi connectivity index (χ0n) is 11.5. The van der Waals surface area contributed by atoms with Crippen LogP contribution in [0.1, 0.15) is 26.2 Å². The van der Waals surface area contributed by atoms with E-state index in [0.29, 0.717) is 32.2 Å². The SMILES string of the molecule is CCCNCCOCC1CCCN(S(C)(=O)=O)C1. The van der Waals surface area contributed by atoms with E-state index in [9.17, 15) is 8.42 Å². The van der Waals surface area contributed by atoms with E-state index in [4.69, 9.17) is 4.74 Å². The van der Waals surface area contributed by atoms with Gasteiger partial charge >= 0.3 is 0 Å². The summed E-state index contributed by atoms with van der Waals surface area (Å²) < 4.78 is 30.1. The Bertz CT molecular complexity index is 319. The highest BCUT2D eigenvalue weighted by Gasteiger charge is 2.25. The van der Waals surface area contributed by atoms with E-state index in [1.807, 2.05) is 0 Å². The largest absolute Gasteiger partial charge is 0.380 e. The zero-order valence-corrected chi connectivity index (χ0v) is 12.3. The van der Waals surface area contributed by atoms with Gasteiger partial charge in [0.15, 0.2) is 0 Å². The van der Waals surface area contributed by atoms with Crippen molar-refractivity contribution in [2.24, 2.45) is 5.92 Å². The first-order valence-corrected chi connectivity index (χ1v) is 8.62. The standard InChI is InChI=1S/C12H26N2O3S/c1-3-6-13-7-9-17-11-12-5-4-8-14(10-12)18(2,15)16/h12-13H,3-11H2,1-2H3. The summed E-state index contributed by atoms with van der Waals surface area (Å²) >= 11 is 0. The first kappa shape index (κ1) is 15.9. The summed E-state index contributed by atoms with van der Waals surface area (Å²) in [5.41, 5.74) is 0. The fraction of sp³-hybridized carbons (Fsp3) is 1.00. The van der Waals surface area contributed by atoms with E-state index in [1.165, 1.54) is 6.26 Å². The van der Waals surface area contributed by atoms with E-state index in [2.05, 4.69) is 12.2 Å². The highest BCUT2D eigenvalue weighted by Crippen LogP contribution is 2.18. The minimum absolute atomic E-state index is 0.347. The van der Waals surface area contributed by atoms with Crippen molar-refractivity contribution >= 4 is 10.0 Å². The van der Waals surface area contributed by atoms with Crippen LogP contribution >= 0.6 is 0 Å². The molecule has 0 aromatic heterocycles. The van der Waals surface area contributed by atoms with Gasteiger partial charge in [0, 0.05) is 19.6 Å². The minimum Gasteiger partial charge on any atom is -0.380 e. The van der Waals surface area contributed by atoms with Crippen molar-refractivity contribution in [1.82, 2.24) is 9.62 Å². The van der Waals surface area contributed by atoms with Gasteiger partial charge in [-0.1, -0.05) is 6.92 Å². The zero-order chi connectivity index (χ0) is 13.4. The molecule has 108 valence electrons. The molecule has 0 aliphatic carbocycles. The maximum absolute atomic E-state index is 11.5. The van der Waals surface area contributed by atoms with Crippen LogP contribution in [0.15, 0.2) is 0 Å². The Hall–Kier alpha value is -0.170. The number of hydrogen-bond acceptors (Lipinski definition) is 4. The lowest BCUT2D eigenvalue weighted by Crippen LogP contribution is -2.40. The van der Waals surface area contributed by atoms with Crippen LogP contribution in [0.2, 0.25) is 0 Å². The van der Waals surface area contributed by atoms with Gasteiger partial charge in [-0.2, -0.15) is 0 Å². The average Bonchev–Trinajstić information content (AvgIpc) is 2.33. The summed E-state index contributed by atoms with van der Waals surface area (Å²) in [6, 6.07) is 0. The second kappa shape index (κ2) is 8.09. The summed E-state index contributed by atoms with van der Waals surface area (Å²) in [6.07, 6.45) is 4.42. The van der Waals surface area contributed by atoms with Gasteiger partial charge in [0.25, 0.3) is 0 Å². The Morgan fingerprint density at radius 3 is 2.83 bits per heavy atom. The Morgan fingerprint density at radius 1 is 1.39 bits per heavy atom. The fourth-order valence-corrected chi connectivity index (χ4v) is 3.10. The number of hydrogen-bond donors (Lipinski definition) is 1. The number of rotatable bonds is 8. The molecule has 1 rings (SSSR count). The van der Waals surface area contributed by atoms with Gasteiger partial charge in [0.2, 0.25) is 10.0 Å². The van der Waals surface area contributed by atoms with Crippen LogP contribution in [-0.4, -0.2) is 58.4 Å². The molecule has 0 spiro atoms. The van der Waals surface area contributed by atoms with Gasteiger partial charge in [-0.15, -0.1) is 0 Å². The molecule has 1 atom stereocenters. The second-order valence-corrected chi connectivity index (χ2v) is 6.94. The Morgan fingerprint density at radius 2 is 2.17 bits per heavy atom. The smallest absolute Gasteiger partial charge is 0.211 e. The molecule has 5 nitrogen and oxygen atoms in total. The lowest BCUT2D eigenvalue weighted by atomic mass is 10.0. The number of nitrogens with one attached hydrogen (secondary N) is 1. The van der Waals surface area contributed by atoms with Crippen LogP contribution in [0.5, 0.6) is 0 Å². The summed E-state index contributed by atoms with van der Waals surface area (Å²) in [6.45, 7) is 6.67. The van der Waals surface area contributed by atoms with Crippen molar-refractivity contribution in [1.29, 1.82) is 0 Å². The monoisotopic (exact) mass is 278 g/mol. The number of ether oxygens (including phenoxy) is 1. The predicted octanol–water partition coefficient (Wildman–Crippen LogP) is 0.674. The van der Waals surface area contributed by atoms with E-state index in [-0.39, 0.29) is 0 Å². The predicted molar refractivity (Wildman–Crippen MR) is 73.1 cm³/mol. The van der Waals surface area contributed by atoms with Crippen LogP contribution in [0, 0.1) is 5.92 Å². The van der Waals surface area contributed by atoms with Gasteiger partial charge in [-0.3, -0.25) is 0 Å². The molecule has 1 N–H and O–H groups in total. The molecular weight excluding hydrogens is 252 g/mol. The lowest BCUT2D eigenvalue weighted by Gasteiger charge is -2.30. The molecule has 6 heteroatoms. The molecule has 18 heavy (non-hydrogen) atoms. The number of piperidine rings is 1. The summed E-state index contributed by atoms with van der Waals surface area (Å²) in [4.78, 5) is 0. The Kier molecular flexibility index (Phi) is 7.14. The van der Waals surface area contributed by atoms with Gasteiger partial charge in [0.1, 0.15) is 0 Å². The van der Waals surface area contributed by atoms with Crippen molar-refractivity contribution in [3.8, 4) is 0 Å². The number of nitrogens with zero attached hydrogens (tertiary/aromatic N) is 1. The summed E-state index contributed by atoms with van der Waals surface area (Å²) in [5, 5.41) is 3.27. The summed E-state index contributed by atoms with van der Waals surface area (Å²) in [7, 11) is -3.04. The third-order valence-corrected chi connectivity index (χ3v) is 4.42. The van der Waals surface area contributed by atoms with Crippen molar-refractivity contribution in [3.05, 3.63) is 0 Å². The van der Waals surface area contributed by atoms with Crippen molar-refractivity contribution in [2.45, 2.75) is 26.2 Å². The van der Waals surface area contributed by atoms with Crippen molar-refractivity contribution in [2.75, 3.05) is 45.6 Å². The topological polar surface area (TPSA) is 58.6 Å². The normalized spacial score (nSPS) is 22.2. The molecule has 1 fully saturated rings. The molecule has 0 amide bonds. The van der Waals surface area contributed by atoms with Crippen LogP contribution in [0.4, 0.5) is 0 Å². The van der Waals surface area contributed by atoms with E-state index >= 15 is 0 Å². The number of sulfonamides is 1. The quantitative estimate of drug-likeness (QED) is 0.663. The molecule has 1 heterocycles. The van der Waals surface area contributed by atoms with Gasteiger partial charge in [-0.05, 0) is 31.7 Å². The van der Waals surface area contributed by atoms with Gasteiger partial charge < -0.3 is 10.1 Å². The third-order valence-electron chi connectivity index (χ3n) is 3.15. The average molecular weight is 278 g/mol. The van der Waals surface area contributed by atoms with Gasteiger partial charge in [0.05, 0.1) is 19.5 Å². The molecule has 0 aromatic carbocycles. The fourth-order valence-electron chi connectivity index (χ4n) is 2.16. The molecule has 0 bridgehead atoms. The summed E-state index contributed by atoms with van der Waals surface area (Å²) in [5.74, 6) is 0.347. The molecule has 1 aliphatic rings. The molecule has 1 unspecified atom stereocenters. The first-order valence-electron chi connectivity index (χ1n) is 6.77. The van der Waals surface area contributed by atoms with Crippen LogP contribution in [0.25, 0.3) is 0 Å². The van der Waals surface area contributed by atoms with E-state index in [1.54, 1.807) is 4.31 Å². The Balaban J connectivity index is 2.15. The van der Waals surface area contributed by atoms with E-state index in [0.717, 1.165) is 32.4 Å². The first-order chi connectivity index (χ1) is 8.54. The lowest BCUT2D eigenvalue weighted by molar-refractivity contribution is 0.0796. The van der Waals surface area contributed by atoms with Crippen LogP contribution < -0.4 is 5.32 Å². The van der Waals surface area contributed by atoms with Crippen molar-refractivity contribution in [3.63, 3.8) is 0 Å². The maximum atomic E-state index is 11.5. The molecule has 0 aromatic rings. The van der Waals surface area contributed by atoms with Crippen molar-refractivity contribution < 1.29 is 13.2 Å². The highest BCUT2D eigenvalue weighted by atomic mass is 32.2. The van der Waals surface area contributed by atoms with Crippen LogP contribution in [0.3, 0.4) is 0 Å². The Labute approximate surface area is 111 Å². The molecule has 0 radical (unpaired) electrons. The maximum Gasteiger partial charge on any atom is 0.211 e. The highest BCUT2D eigenvalue weighted by molar-refractivity contribution is 7.88. The van der Waals surface area contributed by atoms with Gasteiger partial charge in [-0.25, -0.2) is 12.7 Å². The molecule has 1 aliphatic heterocycles. The molecular formula is C12H26N2O3S. The molecule has 1 saturated heterocycles. The van der Waals surface area contributed by atoms with Crippen LogP contribution in [-0.2, 0) is 14.8 Å².